The summed E-state index contributed by atoms with van der Waals surface area (Å²) in [6.45, 7) is 0. The Balaban J connectivity index is 2.03. The van der Waals surface area contributed by atoms with Gasteiger partial charge in [-0.05, 0) is 18.2 Å². The van der Waals surface area contributed by atoms with Gasteiger partial charge in [-0.15, -0.1) is 11.3 Å². The largest absolute Gasteiger partial charge is 0.507 e. The van der Waals surface area contributed by atoms with E-state index in [2.05, 4.69) is 9.97 Å². The van der Waals surface area contributed by atoms with E-state index < -0.39 is 5.82 Å². The SMILES string of the molecule is Oc1ccccc1-c1nc(-c2cncc(F)c2)cs1. The number of benzene rings is 1. The van der Waals surface area contributed by atoms with Gasteiger partial charge in [0.25, 0.3) is 0 Å². The molecule has 1 N–H and O–H groups in total. The molecule has 0 bridgehead atoms. The van der Waals surface area contributed by atoms with Gasteiger partial charge in [-0.25, -0.2) is 9.37 Å². The van der Waals surface area contributed by atoms with Crippen molar-refractivity contribution in [1.29, 1.82) is 0 Å². The molecule has 0 radical (unpaired) electrons. The van der Waals surface area contributed by atoms with Crippen molar-refractivity contribution in [3.63, 3.8) is 0 Å². The molecule has 0 aliphatic carbocycles. The van der Waals surface area contributed by atoms with E-state index in [1.54, 1.807) is 24.4 Å². The number of nitrogens with zero attached hydrogens (tertiary/aromatic N) is 2. The number of halogens is 1. The van der Waals surface area contributed by atoms with E-state index in [9.17, 15) is 9.50 Å². The summed E-state index contributed by atoms with van der Waals surface area (Å²) in [5, 5.41) is 12.3. The molecular weight excluding hydrogens is 263 g/mol. The van der Waals surface area contributed by atoms with Gasteiger partial charge in [0.05, 0.1) is 17.5 Å². The molecule has 0 saturated heterocycles. The minimum Gasteiger partial charge on any atom is -0.507 e. The lowest BCUT2D eigenvalue weighted by Crippen LogP contribution is -1.83. The summed E-state index contributed by atoms with van der Waals surface area (Å²) >= 11 is 1.40. The standard InChI is InChI=1S/C14H9FN2OS/c15-10-5-9(6-16-7-10)12-8-19-14(17-12)11-3-1-2-4-13(11)18/h1-8,18H. The molecule has 0 aliphatic heterocycles. The smallest absolute Gasteiger partial charge is 0.142 e. The van der Waals surface area contributed by atoms with E-state index in [1.807, 2.05) is 11.4 Å². The third kappa shape index (κ3) is 2.32. The topological polar surface area (TPSA) is 46.0 Å². The normalized spacial score (nSPS) is 10.6. The van der Waals surface area contributed by atoms with E-state index >= 15 is 0 Å². The molecule has 0 unspecified atom stereocenters. The van der Waals surface area contributed by atoms with Crippen molar-refractivity contribution in [3.05, 3.63) is 53.9 Å². The number of rotatable bonds is 2. The van der Waals surface area contributed by atoms with Gasteiger partial charge in [0.1, 0.15) is 16.6 Å². The number of hydrogen-bond acceptors (Lipinski definition) is 4. The number of phenols is 1. The first kappa shape index (κ1) is 11.8. The molecule has 3 aromatic rings. The van der Waals surface area contributed by atoms with Crippen molar-refractivity contribution >= 4 is 11.3 Å². The molecule has 3 nitrogen and oxygen atoms in total. The number of para-hydroxylation sites is 1. The van der Waals surface area contributed by atoms with Crippen LogP contribution >= 0.6 is 11.3 Å². The molecule has 0 aliphatic rings. The first-order valence-corrected chi connectivity index (χ1v) is 6.47. The highest BCUT2D eigenvalue weighted by atomic mass is 32.1. The van der Waals surface area contributed by atoms with Gasteiger partial charge in [0.15, 0.2) is 0 Å². The molecule has 1 aromatic carbocycles. The van der Waals surface area contributed by atoms with Crippen LogP contribution in [0.3, 0.4) is 0 Å². The lowest BCUT2D eigenvalue weighted by molar-refractivity contribution is 0.477. The number of phenolic OH excluding ortho intramolecular Hbond substituents is 1. The van der Waals surface area contributed by atoms with Crippen molar-refractivity contribution in [2.24, 2.45) is 0 Å². The first-order chi connectivity index (χ1) is 9.24. The van der Waals surface area contributed by atoms with Crippen molar-refractivity contribution in [2.45, 2.75) is 0 Å². The zero-order valence-electron chi connectivity index (χ0n) is 9.75. The molecule has 94 valence electrons. The predicted molar refractivity (Wildman–Crippen MR) is 72.4 cm³/mol. The highest BCUT2D eigenvalue weighted by Gasteiger charge is 2.10. The summed E-state index contributed by atoms with van der Waals surface area (Å²) < 4.78 is 13.1. The van der Waals surface area contributed by atoms with Crippen LogP contribution in [0.1, 0.15) is 0 Å². The minimum atomic E-state index is -0.394. The van der Waals surface area contributed by atoms with Crippen LogP contribution in [0.15, 0.2) is 48.1 Å². The molecule has 0 fully saturated rings. The van der Waals surface area contributed by atoms with Crippen LogP contribution < -0.4 is 0 Å². The van der Waals surface area contributed by atoms with Gasteiger partial charge in [-0.3, -0.25) is 4.98 Å². The first-order valence-electron chi connectivity index (χ1n) is 5.59. The molecule has 3 rings (SSSR count). The van der Waals surface area contributed by atoms with Crippen LogP contribution in [0.5, 0.6) is 5.75 Å². The quantitative estimate of drug-likeness (QED) is 0.773. The molecule has 19 heavy (non-hydrogen) atoms. The molecule has 5 heteroatoms. The maximum absolute atomic E-state index is 13.1. The maximum Gasteiger partial charge on any atom is 0.142 e. The fraction of sp³-hybridized carbons (Fsp3) is 0. The summed E-state index contributed by atoms with van der Waals surface area (Å²) in [6.07, 6.45) is 2.71. The number of thiazole rings is 1. The highest BCUT2D eigenvalue weighted by Crippen LogP contribution is 2.33. The third-order valence-electron chi connectivity index (χ3n) is 2.64. The Bertz CT molecular complexity index is 727. The third-order valence-corrected chi connectivity index (χ3v) is 3.51. The second kappa shape index (κ2) is 4.78. The van der Waals surface area contributed by atoms with Crippen LogP contribution in [-0.4, -0.2) is 15.1 Å². The molecule has 2 heterocycles. The summed E-state index contributed by atoms with van der Waals surface area (Å²) in [6, 6.07) is 8.38. The Morgan fingerprint density at radius 3 is 2.79 bits per heavy atom. The van der Waals surface area contributed by atoms with Gasteiger partial charge >= 0.3 is 0 Å². The zero-order chi connectivity index (χ0) is 13.2. The Morgan fingerprint density at radius 1 is 1.16 bits per heavy atom. The van der Waals surface area contributed by atoms with Crippen LogP contribution in [-0.2, 0) is 0 Å². The van der Waals surface area contributed by atoms with Crippen LogP contribution in [0.4, 0.5) is 4.39 Å². The molecular formula is C14H9FN2OS. The summed E-state index contributed by atoms with van der Waals surface area (Å²) in [7, 11) is 0. The number of hydrogen-bond donors (Lipinski definition) is 1. The van der Waals surface area contributed by atoms with Crippen molar-refractivity contribution in [2.75, 3.05) is 0 Å². The number of aromatic hydroxyl groups is 1. The molecule has 2 aromatic heterocycles. The van der Waals surface area contributed by atoms with Gasteiger partial charge in [-0.2, -0.15) is 0 Å². The maximum atomic E-state index is 13.1. The van der Waals surface area contributed by atoms with Crippen LogP contribution in [0, 0.1) is 5.82 Å². The number of aromatic nitrogens is 2. The fourth-order valence-corrected chi connectivity index (χ4v) is 2.60. The number of pyridine rings is 1. The molecule has 0 spiro atoms. The van der Waals surface area contributed by atoms with E-state index in [4.69, 9.17) is 0 Å². The van der Waals surface area contributed by atoms with E-state index in [-0.39, 0.29) is 5.75 Å². The van der Waals surface area contributed by atoms with Crippen molar-refractivity contribution in [1.82, 2.24) is 9.97 Å². The highest BCUT2D eigenvalue weighted by molar-refractivity contribution is 7.13. The van der Waals surface area contributed by atoms with Crippen molar-refractivity contribution in [3.8, 4) is 27.6 Å². The van der Waals surface area contributed by atoms with Gasteiger partial charge in [0, 0.05) is 17.1 Å². The minimum absolute atomic E-state index is 0.181. The van der Waals surface area contributed by atoms with E-state index in [1.165, 1.54) is 17.4 Å². The van der Waals surface area contributed by atoms with E-state index in [0.29, 0.717) is 21.8 Å². The van der Waals surface area contributed by atoms with Crippen LogP contribution in [0.25, 0.3) is 21.8 Å². The van der Waals surface area contributed by atoms with Gasteiger partial charge < -0.3 is 5.11 Å². The lowest BCUT2D eigenvalue weighted by atomic mass is 10.2. The predicted octanol–water partition coefficient (Wildman–Crippen LogP) is 3.72. The Hall–Kier alpha value is -2.27. The van der Waals surface area contributed by atoms with Crippen molar-refractivity contribution < 1.29 is 9.50 Å². The second-order valence-corrected chi connectivity index (χ2v) is 4.80. The zero-order valence-corrected chi connectivity index (χ0v) is 10.6. The molecule has 0 amide bonds. The summed E-state index contributed by atoms with van der Waals surface area (Å²) in [5.41, 5.74) is 1.94. The Morgan fingerprint density at radius 2 is 2.00 bits per heavy atom. The monoisotopic (exact) mass is 272 g/mol. The summed E-state index contributed by atoms with van der Waals surface area (Å²) in [5.74, 6) is -0.213. The average Bonchev–Trinajstić information content (AvgIpc) is 2.89. The van der Waals surface area contributed by atoms with E-state index in [0.717, 1.165) is 6.20 Å². The molecule has 0 atom stereocenters. The average molecular weight is 272 g/mol. The second-order valence-electron chi connectivity index (χ2n) is 3.95. The summed E-state index contributed by atoms with van der Waals surface area (Å²) in [4.78, 5) is 8.20. The Kier molecular flexibility index (Phi) is 2.97. The molecule has 0 saturated carbocycles. The Labute approximate surface area is 113 Å². The van der Waals surface area contributed by atoms with Gasteiger partial charge in [0.2, 0.25) is 0 Å². The fourth-order valence-electron chi connectivity index (χ4n) is 1.74. The van der Waals surface area contributed by atoms with Gasteiger partial charge in [-0.1, -0.05) is 12.1 Å². The van der Waals surface area contributed by atoms with Crippen LogP contribution in [0.2, 0.25) is 0 Å². The lowest BCUT2D eigenvalue weighted by Gasteiger charge is -1.99.